The monoisotopic (exact) mass is 263 g/mol. The molecule has 0 aromatic heterocycles. The van der Waals surface area contributed by atoms with E-state index in [2.05, 4.69) is 5.32 Å². The molecule has 19 heavy (non-hydrogen) atoms. The summed E-state index contributed by atoms with van der Waals surface area (Å²) in [6.07, 6.45) is 0. The van der Waals surface area contributed by atoms with Crippen LogP contribution in [0.4, 0.5) is 15.3 Å². The Bertz CT molecular complexity index is 444. The summed E-state index contributed by atoms with van der Waals surface area (Å²) in [6.45, 7) is 2.06. The highest BCUT2D eigenvalue weighted by molar-refractivity contribution is 6.00. The van der Waals surface area contributed by atoms with Crippen molar-refractivity contribution in [3.8, 4) is 0 Å². The summed E-state index contributed by atoms with van der Waals surface area (Å²) in [4.78, 5) is 26.7. The average Bonchev–Trinajstić information content (AvgIpc) is 2.47. The zero-order valence-electron chi connectivity index (χ0n) is 10.8. The molecule has 0 atom stereocenters. The summed E-state index contributed by atoms with van der Waals surface area (Å²) in [6, 6.07) is 8.28. The predicted octanol–water partition coefficient (Wildman–Crippen LogP) is 1.60. The number of benzene rings is 1. The zero-order chi connectivity index (χ0) is 13.7. The third-order valence-corrected chi connectivity index (χ3v) is 2.90. The number of morpholine rings is 1. The fraction of sp³-hybridized carbons (Fsp3) is 0.385. The number of para-hydroxylation sites is 1. The van der Waals surface area contributed by atoms with Crippen LogP contribution in [0.5, 0.6) is 0 Å². The van der Waals surface area contributed by atoms with Crippen LogP contribution in [0.3, 0.4) is 0 Å². The Balaban J connectivity index is 1.93. The van der Waals surface area contributed by atoms with Gasteiger partial charge in [-0.15, -0.1) is 0 Å². The number of nitrogens with zero attached hydrogens (tertiary/aromatic N) is 2. The maximum Gasteiger partial charge on any atom is 0.329 e. The van der Waals surface area contributed by atoms with Gasteiger partial charge in [-0.2, -0.15) is 0 Å². The predicted molar refractivity (Wildman–Crippen MR) is 71.0 cm³/mol. The molecule has 102 valence electrons. The minimum atomic E-state index is -0.442. The van der Waals surface area contributed by atoms with Crippen molar-refractivity contribution in [2.24, 2.45) is 0 Å². The Morgan fingerprint density at radius 3 is 2.47 bits per heavy atom. The van der Waals surface area contributed by atoms with Gasteiger partial charge in [-0.05, 0) is 12.1 Å². The SMILES string of the molecule is CN(C(=O)Nc1ccccc1)C(=O)N1CCOCC1. The molecular weight excluding hydrogens is 246 g/mol. The maximum atomic E-state index is 12.1. The van der Waals surface area contributed by atoms with Gasteiger partial charge in [0.15, 0.2) is 0 Å². The number of nitrogens with one attached hydrogen (secondary N) is 1. The zero-order valence-corrected chi connectivity index (χ0v) is 10.8. The van der Waals surface area contributed by atoms with E-state index in [0.29, 0.717) is 32.0 Å². The standard InChI is InChI=1S/C13H17N3O3/c1-15(13(18)16-7-9-19-10-8-16)12(17)14-11-5-3-2-4-6-11/h2-6H,7-10H2,1H3,(H,14,17). The maximum absolute atomic E-state index is 12.1. The number of hydrogen-bond donors (Lipinski definition) is 1. The quantitative estimate of drug-likeness (QED) is 0.837. The lowest BCUT2D eigenvalue weighted by molar-refractivity contribution is 0.0478. The van der Waals surface area contributed by atoms with Crippen molar-refractivity contribution in [2.75, 3.05) is 38.7 Å². The molecule has 0 unspecified atom stereocenters. The van der Waals surface area contributed by atoms with Crippen LogP contribution in [0.2, 0.25) is 0 Å². The molecule has 0 aliphatic carbocycles. The first-order valence-electron chi connectivity index (χ1n) is 6.15. The highest BCUT2D eigenvalue weighted by Gasteiger charge is 2.24. The number of ether oxygens (including phenoxy) is 1. The molecule has 0 spiro atoms. The lowest BCUT2D eigenvalue weighted by Gasteiger charge is -2.30. The average molecular weight is 263 g/mol. The molecule has 1 aromatic carbocycles. The van der Waals surface area contributed by atoms with E-state index >= 15 is 0 Å². The van der Waals surface area contributed by atoms with Crippen molar-refractivity contribution in [3.63, 3.8) is 0 Å². The summed E-state index contributed by atoms with van der Waals surface area (Å²) >= 11 is 0. The van der Waals surface area contributed by atoms with Gasteiger partial charge >= 0.3 is 12.1 Å². The Labute approximate surface area is 111 Å². The molecule has 6 heteroatoms. The fourth-order valence-electron chi connectivity index (χ4n) is 1.78. The van der Waals surface area contributed by atoms with Gasteiger partial charge in [0.1, 0.15) is 0 Å². The van der Waals surface area contributed by atoms with Crippen LogP contribution in [0, 0.1) is 0 Å². The topological polar surface area (TPSA) is 61.9 Å². The number of urea groups is 2. The number of imide groups is 1. The second-order valence-electron chi connectivity index (χ2n) is 4.24. The molecule has 0 radical (unpaired) electrons. The van der Waals surface area contributed by atoms with Crippen LogP contribution in [-0.4, -0.2) is 55.2 Å². The first-order valence-corrected chi connectivity index (χ1v) is 6.15. The van der Waals surface area contributed by atoms with Crippen LogP contribution in [0.1, 0.15) is 0 Å². The van der Waals surface area contributed by atoms with Crippen LogP contribution in [0.15, 0.2) is 30.3 Å². The van der Waals surface area contributed by atoms with Gasteiger partial charge in [0, 0.05) is 25.8 Å². The second kappa shape index (κ2) is 6.19. The molecule has 1 N–H and O–H groups in total. The summed E-state index contributed by atoms with van der Waals surface area (Å²) in [5.74, 6) is 0. The number of anilines is 1. The van der Waals surface area contributed by atoms with Crippen molar-refractivity contribution >= 4 is 17.7 Å². The molecule has 1 saturated heterocycles. The summed E-state index contributed by atoms with van der Waals surface area (Å²) < 4.78 is 5.17. The van der Waals surface area contributed by atoms with Crippen molar-refractivity contribution < 1.29 is 14.3 Å². The second-order valence-corrected chi connectivity index (χ2v) is 4.24. The Kier molecular flexibility index (Phi) is 4.35. The van der Waals surface area contributed by atoms with Crippen LogP contribution >= 0.6 is 0 Å². The molecule has 1 fully saturated rings. The van der Waals surface area contributed by atoms with E-state index in [0.717, 1.165) is 4.90 Å². The third kappa shape index (κ3) is 3.45. The molecule has 6 nitrogen and oxygen atoms in total. The van der Waals surface area contributed by atoms with Gasteiger partial charge in [-0.25, -0.2) is 14.5 Å². The van der Waals surface area contributed by atoms with E-state index < -0.39 is 6.03 Å². The molecular formula is C13H17N3O3. The lowest BCUT2D eigenvalue weighted by atomic mass is 10.3. The summed E-state index contributed by atoms with van der Waals surface area (Å²) in [5.41, 5.74) is 0.661. The van der Waals surface area contributed by atoms with Crippen LogP contribution in [0.25, 0.3) is 0 Å². The van der Waals surface area contributed by atoms with Crippen molar-refractivity contribution in [1.29, 1.82) is 0 Å². The molecule has 1 aliphatic heterocycles. The normalized spacial score (nSPS) is 14.9. The summed E-state index contributed by atoms with van der Waals surface area (Å²) in [5, 5.41) is 2.67. The van der Waals surface area contributed by atoms with Crippen LogP contribution < -0.4 is 5.32 Å². The Morgan fingerprint density at radius 1 is 1.21 bits per heavy atom. The first-order chi connectivity index (χ1) is 9.18. The largest absolute Gasteiger partial charge is 0.378 e. The number of carbonyl (C=O) groups is 2. The van der Waals surface area contributed by atoms with E-state index in [9.17, 15) is 9.59 Å². The number of rotatable bonds is 1. The van der Waals surface area contributed by atoms with E-state index in [-0.39, 0.29) is 6.03 Å². The van der Waals surface area contributed by atoms with Crippen molar-refractivity contribution in [3.05, 3.63) is 30.3 Å². The van der Waals surface area contributed by atoms with Gasteiger partial charge in [-0.1, -0.05) is 18.2 Å². The van der Waals surface area contributed by atoms with Gasteiger partial charge in [-0.3, -0.25) is 0 Å². The van der Waals surface area contributed by atoms with E-state index in [1.165, 1.54) is 7.05 Å². The molecule has 0 bridgehead atoms. The molecule has 2 rings (SSSR count). The highest BCUT2D eigenvalue weighted by atomic mass is 16.5. The summed E-state index contributed by atoms with van der Waals surface area (Å²) in [7, 11) is 1.47. The fourth-order valence-corrected chi connectivity index (χ4v) is 1.78. The number of carbonyl (C=O) groups excluding carboxylic acids is 2. The van der Waals surface area contributed by atoms with Gasteiger partial charge in [0.25, 0.3) is 0 Å². The minimum Gasteiger partial charge on any atom is -0.378 e. The van der Waals surface area contributed by atoms with Gasteiger partial charge in [0.2, 0.25) is 0 Å². The molecule has 0 saturated carbocycles. The molecule has 1 aromatic rings. The molecule has 1 aliphatic rings. The van der Waals surface area contributed by atoms with Crippen molar-refractivity contribution in [2.45, 2.75) is 0 Å². The Morgan fingerprint density at radius 2 is 1.84 bits per heavy atom. The number of amides is 4. The lowest BCUT2D eigenvalue weighted by Crippen LogP contribution is -2.49. The third-order valence-electron chi connectivity index (χ3n) is 2.90. The first kappa shape index (κ1) is 13.4. The smallest absolute Gasteiger partial charge is 0.329 e. The molecule has 4 amide bonds. The van der Waals surface area contributed by atoms with E-state index in [1.54, 1.807) is 17.0 Å². The number of hydrogen-bond acceptors (Lipinski definition) is 3. The van der Waals surface area contributed by atoms with Crippen molar-refractivity contribution in [1.82, 2.24) is 9.80 Å². The van der Waals surface area contributed by atoms with Gasteiger partial charge in [0.05, 0.1) is 13.2 Å². The van der Waals surface area contributed by atoms with Crippen LogP contribution in [-0.2, 0) is 4.74 Å². The highest BCUT2D eigenvalue weighted by Crippen LogP contribution is 2.08. The molecule has 1 heterocycles. The minimum absolute atomic E-state index is 0.309. The Hall–Kier alpha value is -2.08. The van der Waals surface area contributed by atoms with Gasteiger partial charge < -0.3 is 15.0 Å². The van der Waals surface area contributed by atoms with E-state index in [4.69, 9.17) is 4.74 Å². The van der Waals surface area contributed by atoms with E-state index in [1.807, 2.05) is 18.2 Å².